The number of aromatic nitrogens is 5. The van der Waals surface area contributed by atoms with E-state index < -0.39 is 0 Å². The lowest BCUT2D eigenvalue weighted by Gasteiger charge is -2.10. The molecule has 4 rings (SSSR count). The average Bonchev–Trinajstić information content (AvgIpc) is 3.31. The van der Waals surface area contributed by atoms with Crippen molar-refractivity contribution < 1.29 is 14.7 Å². The van der Waals surface area contributed by atoms with Crippen molar-refractivity contribution in [2.24, 2.45) is 7.05 Å². The highest BCUT2D eigenvalue weighted by Gasteiger charge is 2.19. The molecule has 28 heavy (non-hydrogen) atoms. The minimum absolute atomic E-state index is 0. The number of halogens is 1. The van der Waals surface area contributed by atoms with E-state index in [1.54, 1.807) is 17.0 Å². The second kappa shape index (κ2) is 8.20. The summed E-state index contributed by atoms with van der Waals surface area (Å²) in [4.78, 5) is 4.01. The first-order valence-electron chi connectivity index (χ1n) is 8.31. The van der Waals surface area contributed by atoms with Crippen molar-refractivity contribution in [3.63, 3.8) is 0 Å². The van der Waals surface area contributed by atoms with Gasteiger partial charge in [0.2, 0.25) is 0 Å². The molecule has 0 bridgehead atoms. The molecular weight excluding hydrogens is 382 g/mol. The molecule has 3 heterocycles. The number of nitrogens with zero attached hydrogens (tertiary/aromatic N) is 5. The van der Waals surface area contributed by atoms with Crippen molar-refractivity contribution in [2.45, 2.75) is 13.0 Å². The van der Waals surface area contributed by atoms with E-state index in [9.17, 15) is 0 Å². The molecular formula is C19H18ClN5O3. The number of ether oxygens (including phenoxy) is 1. The van der Waals surface area contributed by atoms with Gasteiger partial charge in [0.05, 0.1) is 0 Å². The second-order valence-electron chi connectivity index (χ2n) is 5.99. The Hall–Kier alpha value is -3.23. The molecule has 8 nitrogen and oxygen atoms in total. The number of benzene rings is 1. The topological polar surface area (TPSA) is 110 Å². The molecule has 2 N–H and O–H groups in total. The lowest BCUT2D eigenvalue weighted by molar-refractivity contribution is 0.190. The Morgan fingerprint density at radius 1 is 1.07 bits per heavy atom. The van der Waals surface area contributed by atoms with Crippen LogP contribution in [0.1, 0.15) is 18.7 Å². The summed E-state index contributed by atoms with van der Waals surface area (Å²) in [5, 5.41) is 13.1. The van der Waals surface area contributed by atoms with Gasteiger partial charge in [0.1, 0.15) is 11.8 Å². The van der Waals surface area contributed by atoms with Gasteiger partial charge in [0.15, 0.2) is 11.6 Å². The maximum atomic E-state index is 6.03. The highest BCUT2D eigenvalue weighted by Crippen LogP contribution is 2.28. The van der Waals surface area contributed by atoms with Crippen molar-refractivity contribution in [2.75, 3.05) is 0 Å². The number of pyridine rings is 1. The third-order valence-corrected chi connectivity index (χ3v) is 4.34. The molecule has 0 saturated carbocycles. The normalized spacial score (nSPS) is 11.7. The first-order chi connectivity index (χ1) is 13.1. The number of rotatable bonds is 5. The van der Waals surface area contributed by atoms with E-state index in [1.807, 2.05) is 56.4 Å². The van der Waals surface area contributed by atoms with Crippen LogP contribution >= 0.6 is 11.6 Å². The molecule has 0 aliphatic rings. The van der Waals surface area contributed by atoms with Gasteiger partial charge in [-0.05, 0) is 31.2 Å². The van der Waals surface area contributed by atoms with Crippen LogP contribution in [0.15, 0.2) is 59.4 Å². The highest BCUT2D eigenvalue weighted by atomic mass is 35.5. The summed E-state index contributed by atoms with van der Waals surface area (Å²) >= 11 is 6.03. The molecule has 0 amide bonds. The van der Waals surface area contributed by atoms with Crippen molar-refractivity contribution >= 4 is 11.6 Å². The van der Waals surface area contributed by atoms with Crippen molar-refractivity contribution in [1.29, 1.82) is 0 Å². The standard InChI is InChI=1S/C19H16ClN5O2.H2O/c1-12(16-11-17(27-24-16)14-4-3-5-15(20)10-14)26-19-23-22-18(25(19)2)13-6-8-21-9-7-13;/h3-12H,1-2H3;1H2/t12-;/m1./s1. The maximum Gasteiger partial charge on any atom is 0.317 e. The zero-order valence-corrected chi connectivity index (χ0v) is 16.0. The minimum Gasteiger partial charge on any atom is -0.454 e. The fourth-order valence-electron chi connectivity index (χ4n) is 2.65. The molecule has 144 valence electrons. The lowest BCUT2D eigenvalue weighted by Crippen LogP contribution is -2.07. The predicted molar refractivity (Wildman–Crippen MR) is 104 cm³/mol. The first-order valence-corrected chi connectivity index (χ1v) is 8.68. The van der Waals surface area contributed by atoms with E-state index in [0.29, 0.717) is 28.3 Å². The third-order valence-electron chi connectivity index (χ3n) is 4.11. The van der Waals surface area contributed by atoms with Crippen molar-refractivity contribution in [1.82, 2.24) is 24.9 Å². The largest absolute Gasteiger partial charge is 0.454 e. The molecule has 0 saturated heterocycles. The van der Waals surface area contributed by atoms with Gasteiger partial charge < -0.3 is 14.7 Å². The Morgan fingerprint density at radius 3 is 2.61 bits per heavy atom. The summed E-state index contributed by atoms with van der Waals surface area (Å²) in [5.41, 5.74) is 2.41. The molecule has 0 fully saturated rings. The monoisotopic (exact) mass is 399 g/mol. The molecule has 1 aromatic carbocycles. The molecule has 0 unspecified atom stereocenters. The highest BCUT2D eigenvalue weighted by molar-refractivity contribution is 6.30. The van der Waals surface area contributed by atoms with Crippen LogP contribution in [-0.4, -0.2) is 30.4 Å². The quantitative estimate of drug-likeness (QED) is 0.507. The Labute approximate surface area is 166 Å². The third kappa shape index (κ3) is 3.88. The van der Waals surface area contributed by atoms with Crippen molar-refractivity contribution in [3.8, 4) is 28.7 Å². The van der Waals surface area contributed by atoms with E-state index >= 15 is 0 Å². The predicted octanol–water partition coefficient (Wildman–Crippen LogP) is 3.50. The number of hydrogen-bond acceptors (Lipinski definition) is 6. The van der Waals surface area contributed by atoms with Gasteiger partial charge in [-0.1, -0.05) is 34.0 Å². The smallest absolute Gasteiger partial charge is 0.317 e. The van der Waals surface area contributed by atoms with Crippen LogP contribution in [0.25, 0.3) is 22.7 Å². The number of hydrogen-bond donors (Lipinski definition) is 0. The van der Waals surface area contributed by atoms with Crippen LogP contribution in [0.2, 0.25) is 5.02 Å². The summed E-state index contributed by atoms with van der Waals surface area (Å²) < 4.78 is 13.1. The van der Waals surface area contributed by atoms with Gasteiger partial charge in [-0.2, -0.15) is 0 Å². The van der Waals surface area contributed by atoms with Crippen LogP contribution in [0, 0.1) is 0 Å². The maximum absolute atomic E-state index is 6.03. The Morgan fingerprint density at radius 2 is 1.86 bits per heavy atom. The van der Waals surface area contributed by atoms with Gasteiger partial charge >= 0.3 is 6.01 Å². The minimum atomic E-state index is -0.366. The molecule has 1 atom stereocenters. The Balaban J connectivity index is 0.00000225. The SMILES string of the molecule is C[C@@H](Oc1nnc(-c2ccncc2)n1C)c1cc(-c2cccc(Cl)c2)on1.O. The molecule has 0 radical (unpaired) electrons. The Bertz CT molecular complexity index is 1060. The van der Waals surface area contributed by atoms with E-state index in [-0.39, 0.29) is 11.6 Å². The first kappa shape index (κ1) is 19.5. The van der Waals surface area contributed by atoms with Crippen molar-refractivity contribution in [3.05, 3.63) is 65.6 Å². The van der Waals surface area contributed by atoms with E-state index in [4.69, 9.17) is 20.9 Å². The van der Waals surface area contributed by atoms with E-state index in [1.165, 1.54) is 0 Å². The van der Waals surface area contributed by atoms with E-state index in [2.05, 4.69) is 20.3 Å². The fourth-order valence-corrected chi connectivity index (χ4v) is 2.84. The zero-order valence-electron chi connectivity index (χ0n) is 15.2. The van der Waals surface area contributed by atoms with Crippen LogP contribution < -0.4 is 4.74 Å². The summed E-state index contributed by atoms with van der Waals surface area (Å²) in [6.45, 7) is 1.88. The van der Waals surface area contributed by atoms with E-state index in [0.717, 1.165) is 11.1 Å². The fraction of sp³-hybridized carbons (Fsp3) is 0.158. The van der Waals surface area contributed by atoms with Crippen LogP contribution in [0.4, 0.5) is 0 Å². The van der Waals surface area contributed by atoms with Gasteiger partial charge in [-0.3, -0.25) is 9.55 Å². The zero-order chi connectivity index (χ0) is 18.8. The lowest BCUT2D eigenvalue weighted by atomic mass is 10.1. The van der Waals surface area contributed by atoms with Gasteiger partial charge in [0.25, 0.3) is 0 Å². The molecule has 4 aromatic rings. The van der Waals surface area contributed by atoms with Crippen LogP contribution in [-0.2, 0) is 7.05 Å². The molecule has 3 aromatic heterocycles. The van der Waals surface area contributed by atoms with Gasteiger partial charge in [-0.25, -0.2) is 0 Å². The average molecular weight is 400 g/mol. The van der Waals surface area contributed by atoms with Crippen LogP contribution in [0.3, 0.4) is 0 Å². The van der Waals surface area contributed by atoms with Gasteiger partial charge in [0, 0.05) is 41.7 Å². The summed E-state index contributed by atoms with van der Waals surface area (Å²) in [6.07, 6.45) is 3.05. The second-order valence-corrected chi connectivity index (χ2v) is 6.42. The molecule has 0 spiro atoms. The summed E-state index contributed by atoms with van der Waals surface area (Å²) in [5.74, 6) is 1.32. The molecule has 0 aliphatic carbocycles. The van der Waals surface area contributed by atoms with Crippen LogP contribution in [0.5, 0.6) is 6.01 Å². The van der Waals surface area contributed by atoms with Gasteiger partial charge in [-0.15, -0.1) is 5.10 Å². The summed E-state index contributed by atoms with van der Waals surface area (Å²) in [6, 6.07) is 13.4. The Kier molecular flexibility index (Phi) is 5.72. The molecule has 9 heteroatoms. The molecule has 0 aliphatic heterocycles. The summed E-state index contributed by atoms with van der Waals surface area (Å²) in [7, 11) is 1.85.